The fraction of sp³-hybridized carbons (Fsp3) is 0.583. The van der Waals surface area contributed by atoms with Crippen LogP contribution in [0.5, 0.6) is 11.5 Å². The summed E-state index contributed by atoms with van der Waals surface area (Å²) in [6, 6.07) is 5.07. The van der Waals surface area contributed by atoms with E-state index in [1.54, 1.807) is 0 Å². The van der Waals surface area contributed by atoms with Gasteiger partial charge in [0.2, 0.25) is 0 Å². The predicted molar refractivity (Wildman–Crippen MR) is 120 cm³/mol. The van der Waals surface area contributed by atoms with Gasteiger partial charge in [-0.15, -0.1) is 0 Å². The molecular weight excluding hydrogens is 348 g/mol. The summed E-state index contributed by atoms with van der Waals surface area (Å²) in [5.41, 5.74) is 3.13. The Bertz CT molecular complexity index is 679. The maximum atomic E-state index is 10.9. The van der Waals surface area contributed by atoms with Crippen molar-refractivity contribution in [1.82, 2.24) is 0 Å². The van der Waals surface area contributed by atoms with Gasteiger partial charge in [0.1, 0.15) is 11.5 Å². The van der Waals surface area contributed by atoms with Gasteiger partial charge < -0.3 is 10.2 Å². The van der Waals surface area contributed by atoms with Gasteiger partial charge in [-0.25, -0.2) is 0 Å². The minimum absolute atomic E-state index is 0.0135. The number of benzene rings is 1. The van der Waals surface area contributed by atoms with Gasteiger partial charge in [-0.1, -0.05) is 80.7 Å². The van der Waals surface area contributed by atoms with E-state index < -0.39 is 8.07 Å². The van der Waals surface area contributed by atoms with E-state index in [1.165, 1.54) is 37.3 Å². The molecule has 1 aliphatic rings. The van der Waals surface area contributed by atoms with Crippen molar-refractivity contribution in [3.8, 4) is 11.5 Å². The van der Waals surface area contributed by atoms with Gasteiger partial charge in [0.15, 0.2) is 0 Å². The van der Waals surface area contributed by atoms with Crippen molar-refractivity contribution in [2.75, 3.05) is 0 Å². The third-order valence-electron chi connectivity index (χ3n) is 6.29. The van der Waals surface area contributed by atoms with Crippen LogP contribution in [-0.2, 0) is 0 Å². The van der Waals surface area contributed by atoms with Crippen LogP contribution in [-0.4, -0.2) is 18.3 Å². The van der Waals surface area contributed by atoms with Crippen LogP contribution < -0.4 is 5.19 Å². The monoisotopic (exact) mass is 386 g/mol. The molecule has 0 radical (unpaired) electrons. The molecule has 0 fully saturated rings. The second-order valence-electron chi connectivity index (χ2n) is 9.15. The predicted octanol–water partition coefficient (Wildman–Crippen LogP) is 6.61. The van der Waals surface area contributed by atoms with E-state index in [0.29, 0.717) is 5.56 Å². The van der Waals surface area contributed by atoms with E-state index in [-0.39, 0.29) is 23.3 Å². The Balaban J connectivity index is 2.33. The van der Waals surface area contributed by atoms with Crippen molar-refractivity contribution < 1.29 is 10.2 Å². The molecule has 2 nitrogen and oxygen atoms in total. The SMILES string of the molecule is C=C(C)[C@H]1CCC(C)=C[C@@H]1c1c(O)cc([Si](C)(C)CCCCCC)cc1O. The quantitative estimate of drug-likeness (QED) is 0.300. The highest BCUT2D eigenvalue weighted by atomic mass is 28.3. The standard InChI is InChI=1S/C24H38O2Si/c1-7-8-9-10-13-27(5,6)19-15-22(25)24(23(26)16-19)21-14-18(4)11-12-20(21)17(2)3/h14-16,20-21,25-26H,2,7-13H2,1,3-6H3/t20-,21+/m1/s1. The molecule has 0 amide bonds. The Labute approximate surface area is 167 Å². The number of unbranched alkanes of at least 4 members (excludes halogenated alkanes) is 3. The van der Waals surface area contributed by atoms with Crippen molar-refractivity contribution in [2.45, 2.75) is 84.4 Å². The van der Waals surface area contributed by atoms with Gasteiger partial charge in [-0.2, -0.15) is 0 Å². The topological polar surface area (TPSA) is 40.5 Å². The molecule has 1 aromatic carbocycles. The van der Waals surface area contributed by atoms with Crippen LogP contribution in [0.3, 0.4) is 0 Å². The second kappa shape index (κ2) is 9.14. The van der Waals surface area contributed by atoms with Crippen molar-refractivity contribution in [3.05, 3.63) is 41.5 Å². The van der Waals surface area contributed by atoms with Gasteiger partial charge in [0, 0.05) is 11.5 Å². The summed E-state index contributed by atoms with van der Waals surface area (Å²) in [5.74, 6) is 0.790. The zero-order chi connectivity index (χ0) is 20.2. The largest absolute Gasteiger partial charge is 0.508 e. The molecule has 150 valence electrons. The Morgan fingerprint density at radius 3 is 2.33 bits per heavy atom. The highest BCUT2D eigenvalue weighted by Crippen LogP contribution is 2.45. The highest BCUT2D eigenvalue weighted by molar-refractivity contribution is 6.89. The Morgan fingerprint density at radius 1 is 1.15 bits per heavy atom. The fourth-order valence-electron chi connectivity index (χ4n) is 4.40. The van der Waals surface area contributed by atoms with Crippen LogP contribution in [0, 0.1) is 5.92 Å². The maximum absolute atomic E-state index is 10.9. The first-order valence-corrected chi connectivity index (χ1v) is 13.8. The van der Waals surface area contributed by atoms with E-state index in [0.717, 1.165) is 23.6 Å². The molecule has 2 N–H and O–H groups in total. The van der Waals surface area contributed by atoms with Crippen LogP contribution in [0.15, 0.2) is 35.9 Å². The summed E-state index contributed by atoms with van der Waals surface area (Å²) in [4.78, 5) is 0. The number of hydrogen-bond donors (Lipinski definition) is 2. The first-order valence-electron chi connectivity index (χ1n) is 10.6. The maximum Gasteiger partial charge on any atom is 0.122 e. The molecule has 27 heavy (non-hydrogen) atoms. The van der Waals surface area contributed by atoms with Crippen LogP contribution in [0.1, 0.15) is 70.8 Å². The second-order valence-corrected chi connectivity index (χ2v) is 14.0. The van der Waals surface area contributed by atoms with E-state index in [9.17, 15) is 10.2 Å². The first-order chi connectivity index (χ1) is 12.7. The van der Waals surface area contributed by atoms with Crippen molar-refractivity contribution in [3.63, 3.8) is 0 Å². The lowest BCUT2D eigenvalue weighted by Crippen LogP contribution is -2.41. The average Bonchev–Trinajstić information content (AvgIpc) is 2.58. The minimum Gasteiger partial charge on any atom is -0.508 e. The Morgan fingerprint density at radius 2 is 1.78 bits per heavy atom. The molecule has 1 aromatic rings. The number of phenols is 2. The van der Waals surface area contributed by atoms with Gasteiger partial charge in [-0.05, 0) is 44.7 Å². The van der Waals surface area contributed by atoms with Gasteiger partial charge in [-0.3, -0.25) is 0 Å². The highest BCUT2D eigenvalue weighted by Gasteiger charge is 2.32. The van der Waals surface area contributed by atoms with Gasteiger partial charge >= 0.3 is 0 Å². The van der Waals surface area contributed by atoms with Crippen LogP contribution in [0.25, 0.3) is 0 Å². The summed E-state index contributed by atoms with van der Waals surface area (Å²) >= 11 is 0. The zero-order valence-electron chi connectivity index (χ0n) is 17.9. The minimum atomic E-state index is -1.67. The zero-order valence-corrected chi connectivity index (χ0v) is 18.9. The van der Waals surface area contributed by atoms with Crippen molar-refractivity contribution in [1.29, 1.82) is 0 Å². The van der Waals surface area contributed by atoms with Crippen molar-refractivity contribution in [2.24, 2.45) is 5.92 Å². The molecule has 0 aromatic heterocycles. The molecule has 0 saturated carbocycles. The van der Waals surface area contributed by atoms with Crippen LogP contribution in [0.4, 0.5) is 0 Å². The lowest BCUT2D eigenvalue weighted by atomic mass is 9.74. The molecule has 0 bridgehead atoms. The Kier molecular flexibility index (Phi) is 7.38. The van der Waals surface area contributed by atoms with E-state index in [1.807, 2.05) is 12.1 Å². The number of phenolic OH excluding ortho intramolecular Hbond substituents is 2. The number of hydrogen-bond acceptors (Lipinski definition) is 2. The van der Waals surface area contributed by atoms with Crippen molar-refractivity contribution >= 4 is 13.3 Å². The molecule has 0 aliphatic heterocycles. The summed E-state index contributed by atoms with van der Waals surface area (Å²) in [6.45, 7) is 15.3. The number of rotatable bonds is 8. The molecule has 0 saturated heterocycles. The smallest absolute Gasteiger partial charge is 0.122 e. The summed E-state index contributed by atoms with van der Waals surface area (Å²) in [6.07, 6.45) is 9.34. The van der Waals surface area contributed by atoms with Gasteiger partial charge in [0.25, 0.3) is 0 Å². The molecule has 3 heteroatoms. The number of aromatic hydroxyl groups is 2. The normalized spacial score (nSPS) is 20.4. The molecule has 0 heterocycles. The molecule has 2 atom stereocenters. The molecule has 2 rings (SSSR count). The summed E-state index contributed by atoms with van der Waals surface area (Å²) in [7, 11) is -1.67. The number of allylic oxidation sites excluding steroid dienone is 3. The molecule has 0 spiro atoms. The van der Waals surface area contributed by atoms with E-state index in [2.05, 4.69) is 46.5 Å². The lowest BCUT2D eigenvalue weighted by molar-refractivity contribution is 0.407. The van der Waals surface area contributed by atoms with Gasteiger partial charge in [0.05, 0.1) is 8.07 Å². The molecule has 0 unspecified atom stereocenters. The Hall–Kier alpha value is -1.48. The molecule has 1 aliphatic carbocycles. The summed E-state index contributed by atoms with van der Waals surface area (Å²) < 4.78 is 0. The van der Waals surface area contributed by atoms with Crippen LogP contribution in [0.2, 0.25) is 19.1 Å². The fourth-order valence-corrected chi connectivity index (χ4v) is 6.88. The average molecular weight is 387 g/mol. The van der Waals surface area contributed by atoms with Crippen LogP contribution >= 0.6 is 0 Å². The van der Waals surface area contributed by atoms with E-state index >= 15 is 0 Å². The van der Waals surface area contributed by atoms with E-state index in [4.69, 9.17) is 0 Å². The molecular formula is C24H38O2Si. The third kappa shape index (κ3) is 5.28. The summed E-state index contributed by atoms with van der Waals surface area (Å²) in [5, 5.41) is 22.9. The third-order valence-corrected chi connectivity index (χ3v) is 9.74. The first kappa shape index (κ1) is 21.8. The lowest BCUT2D eigenvalue weighted by Gasteiger charge is -2.32.